The van der Waals surface area contributed by atoms with Crippen molar-refractivity contribution < 1.29 is 8.42 Å². The van der Waals surface area contributed by atoms with Gasteiger partial charge >= 0.3 is 0 Å². The molecule has 1 N–H and O–H groups in total. The highest BCUT2D eigenvalue weighted by Crippen LogP contribution is 2.18. The third-order valence-corrected chi connectivity index (χ3v) is 4.80. The van der Waals surface area contributed by atoms with Crippen LogP contribution in [0.4, 0.5) is 5.69 Å². The quantitative estimate of drug-likeness (QED) is 0.836. The average molecular weight is 358 g/mol. The summed E-state index contributed by atoms with van der Waals surface area (Å²) in [5, 5.41) is 0.715. The molecule has 0 unspecified atom stereocenters. The summed E-state index contributed by atoms with van der Waals surface area (Å²) in [6.45, 7) is 4.42. The Hall–Kier alpha value is -1.34. The lowest BCUT2D eigenvalue weighted by molar-refractivity contribution is 0.598. The van der Waals surface area contributed by atoms with E-state index in [9.17, 15) is 8.42 Å². The SMILES string of the molecule is CCn1cc(S(=O)(=O)Nc2cccc(CBr)c2)nc1C. The van der Waals surface area contributed by atoms with E-state index in [0.717, 1.165) is 5.56 Å². The van der Waals surface area contributed by atoms with Crippen molar-refractivity contribution in [3.63, 3.8) is 0 Å². The molecule has 2 aromatic rings. The predicted molar refractivity (Wildman–Crippen MR) is 82.5 cm³/mol. The third kappa shape index (κ3) is 3.21. The summed E-state index contributed by atoms with van der Waals surface area (Å²) >= 11 is 3.35. The molecular formula is C13H16BrN3O2S. The van der Waals surface area contributed by atoms with Crippen molar-refractivity contribution in [1.29, 1.82) is 0 Å². The van der Waals surface area contributed by atoms with Gasteiger partial charge in [0, 0.05) is 23.8 Å². The number of anilines is 1. The first-order valence-electron chi connectivity index (χ1n) is 6.17. The largest absolute Gasteiger partial charge is 0.334 e. The minimum atomic E-state index is -3.65. The van der Waals surface area contributed by atoms with Crippen LogP contribution in [0.15, 0.2) is 35.5 Å². The second kappa shape index (κ2) is 5.97. The molecule has 0 atom stereocenters. The minimum absolute atomic E-state index is 0.0427. The van der Waals surface area contributed by atoms with Gasteiger partial charge < -0.3 is 4.57 Å². The van der Waals surface area contributed by atoms with Gasteiger partial charge in [0.05, 0.1) is 0 Å². The number of hydrogen-bond donors (Lipinski definition) is 1. The van der Waals surface area contributed by atoms with E-state index in [2.05, 4.69) is 25.6 Å². The van der Waals surface area contributed by atoms with Gasteiger partial charge in [0.15, 0.2) is 5.03 Å². The maximum Gasteiger partial charge on any atom is 0.280 e. The topological polar surface area (TPSA) is 64.0 Å². The van der Waals surface area contributed by atoms with Crippen LogP contribution >= 0.6 is 15.9 Å². The van der Waals surface area contributed by atoms with E-state index in [4.69, 9.17) is 0 Å². The Morgan fingerprint density at radius 3 is 2.75 bits per heavy atom. The van der Waals surface area contributed by atoms with Crippen LogP contribution in [-0.4, -0.2) is 18.0 Å². The molecule has 1 aromatic carbocycles. The molecule has 0 aliphatic heterocycles. The summed E-state index contributed by atoms with van der Waals surface area (Å²) in [4.78, 5) is 4.10. The van der Waals surface area contributed by atoms with Crippen LogP contribution in [0.25, 0.3) is 0 Å². The molecule has 2 rings (SSSR count). The summed E-state index contributed by atoms with van der Waals surface area (Å²) in [7, 11) is -3.65. The summed E-state index contributed by atoms with van der Waals surface area (Å²) < 4.78 is 28.9. The Morgan fingerprint density at radius 1 is 1.40 bits per heavy atom. The smallest absolute Gasteiger partial charge is 0.280 e. The van der Waals surface area contributed by atoms with Gasteiger partial charge in [-0.05, 0) is 31.5 Å². The number of hydrogen-bond acceptors (Lipinski definition) is 3. The summed E-state index contributed by atoms with van der Waals surface area (Å²) in [6, 6.07) is 7.23. The zero-order chi connectivity index (χ0) is 14.8. The maximum absolute atomic E-state index is 12.3. The normalized spacial score (nSPS) is 11.6. The molecule has 0 saturated heterocycles. The molecule has 1 aromatic heterocycles. The lowest BCUT2D eigenvalue weighted by Gasteiger charge is -2.06. The van der Waals surface area contributed by atoms with E-state index < -0.39 is 10.0 Å². The number of imidazole rings is 1. The first-order valence-corrected chi connectivity index (χ1v) is 8.78. The number of aryl methyl sites for hydroxylation is 2. The van der Waals surface area contributed by atoms with Crippen LogP contribution in [0.2, 0.25) is 0 Å². The van der Waals surface area contributed by atoms with Crippen LogP contribution < -0.4 is 4.72 Å². The van der Waals surface area contributed by atoms with Crippen LogP contribution in [0.3, 0.4) is 0 Å². The molecule has 0 aliphatic rings. The monoisotopic (exact) mass is 357 g/mol. The van der Waals surface area contributed by atoms with Gasteiger partial charge in [0.2, 0.25) is 0 Å². The number of rotatable bonds is 5. The number of nitrogens with zero attached hydrogens (tertiary/aromatic N) is 2. The van der Waals surface area contributed by atoms with Gasteiger partial charge in [-0.25, -0.2) is 4.98 Å². The Bertz CT molecular complexity index is 710. The Balaban J connectivity index is 2.30. The van der Waals surface area contributed by atoms with E-state index in [0.29, 0.717) is 23.4 Å². The second-order valence-corrected chi connectivity index (χ2v) is 6.54. The Labute approximate surface area is 127 Å². The van der Waals surface area contributed by atoms with Crippen molar-refractivity contribution in [2.45, 2.75) is 30.7 Å². The molecule has 0 radical (unpaired) electrons. The zero-order valence-corrected chi connectivity index (χ0v) is 13.7. The molecule has 0 fully saturated rings. The molecule has 0 saturated carbocycles. The van der Waals surface area contributed by atoms with Crippen LogP contribution in [0.5, 0.6) is 0 Å². The zero-order valence-electron chi connectivity index (χ0n) is 11.3. The van der Waals surface area contributed by atoms with Gasteiger partial charge in [0.25, 0.3) is 10.0 Å². The van der Waals surface area contributed by atoms with Crippen molar-refractivity contribution in [1.82, 2.24) is 9.55 Å². The van der Waals surface area contributed by atoms with Crippen LogP contribution in [-0.2, 0) is 21.9 Å². The predicted octanol–water partition coefficient (Wildman–Crippen LogP) is 2.91. The summed E-state index contributed by atoms with van der Waals surface area (Å²) in [5.41, 5.74) is 1.53. The fraction of sp³-hybridized carbons (Fsp3) is 0.308. The molecule has 7 heteroatoms. The number of alkyl halides is 1. The van der Waals surface area contributed by atoms with E-state index in [1.807, 2.05) is 19.1 Å². The van der Waals surface area contributed by atoms with Crippen LogP contribution in [0.1, 0.15) is 18.3 Å². The highest BCUT2D eigenvalue weighted by Gasteiger charge is 2.19. The lowest BCUT2D eigenvalue weighted by atomic mass is 10.2. The Morgan fingerprint density at radius 2 is 2.15 bits per heavy atom. The second-order valence-electron chi connectivity index (χ2n) is 4.35. The van der Waals surface area contributed by atoms with E-state index in [1.54, 1.807) is 29.8 Å². The van der Waals surface area contributed by atoms with Gasteiger partial charge in [-0.1, -0.05) is 28.1 Å². The molecule has 108 valence electrons. The average Bonchev–Trinajstić information content (AvgIpc) is 2.80. The first-order chi connectivity index (χ1) is 9.46. The van der Waals surface area contributed by atoms with Gasteiger partial charge in [-0.2, -0.15) is 8.42 Å². The number of nitrogens with one attached hydrogen (secondary N) is 1. The number of benzene rings is 1. The van der Waals surface area contributed by atoms with Crippen molar-refractivity contribution >= 4 is 31.6 Å². The molecule has 0 bridgehead atoms. The van der Waals surface area contributed by atoms with Gasteiger partial charge in [0.1, 0.15) is 5.82 Å². The highest BCUT2D eigenvalue weighted by atomic mass is 79.9. The molecule has 5 nitrogen and oxygen atoms in total. The fourth-order valence-electron chi connectivity index (χ4n) is 1.85. The highest BCUT2D eigenvalue weighted by molar-refractivity contribution is 9.08. The van der Waals surface area contributed by atoms with Crippen molar-refractivity contribution in [3.8, 4) is 0 Å². The summed E-state index contributed by atoms with van der Waals surface area (Å²) in [5.74, 6) is 0.682. The summed E-state index contributed by atoms with van der Waals surface area (Å²) in [6.07, 6.45) is 1.55. The van der Waals surface area contributed by atoms with E-state index in [1.165, 1.54) is 0 Å². The fourth-order valence-corrected chi connectivity index (χ4v) is 3.26. The molecule has 0 spiro atoms. The molecule has 1 heterocycles. The number of aromatic nitrogens is 2. The van der Waals surface area contributed by atoms with Gasteiger partial charge in [-0.3, -0.25) is 4.72 Å². The van der Waals surface area contributed by atoms with Gasteiger partial charge in [-0.15, -0.1) is 0 Å². The van der Waals surface area contributed by atoms with Crippen molar-refractivity contribution in [2.75, 3.05) is 4.72 Å². The number of halogens is 1. The maximum atomic E-state index is 12.3. The molecule has 20 heavy (non-hydrogen) atoms. The van der Waals surface area contributed by atoms with Crippen molar-refractivity contribution in [3.05, 3.63) is 41.9 Å². The van der Waals surface area contributed by atoms with Crippen molar-refractivity contribution in [2.24, 2.45) is 0 Å². The lowest BCUT2D eigenvalue weighted by Crippen LogP contribution is -2.13. The molecule has 0 aliphatic carbocycles. The molecule has 0 amide bonds. The first kappa shape index (κ1) is 15.1. The van der Waals surface area contributed by atoms with Crippen LogP contribution in [0, 0.1) is 6.92 Å². The molecular weight excluding hydrogens is 342 g/mol. The standard InChI is InChI=1S/C13H16BrN3O2S/c1-3-17-9-13(15-10(17)2)20(18,19)16-12-6-4-5-11(7-12)8-14/h4-7,9,16H,3,8H2,1-2H3. The number of sulfonamides is 1. The Kier molecular flexibility index (Phi) is 4.49. The minimum Gasteiger partial charge on any atom is -0.334 e. The third-order valence-electron chi connectivity index (χ3n) is 2.90. The van der Waals surface area contributed by atoms with E-state index >= 15 is 0 Å². The van der Waals surface area contributed by atoms with E-state index in [-0.39, 0.29) is 5.03 Å².